The first kappa shape index (κ1) is 16.0. The van der Waals surface area contributed by atoms with E-state index < -0.39 is 11.9 Å². The number of Topliss-reactive ketones (excluding diaryl/α,β-unsaturated/α-hetero) is 1. The molecule has 19 heavy (non-hydrogen) atoms. The van der Waals surface area contributed by atoms with Gasteiger partial charge < -0.3 is 5.11 Å². The van der Waals surface area contributed by atoms with Gasteiger partial charge in [0.05, 0.1) is 16.0 Å². The number of hydrogen-bond acceptors (Lipinski definition) is 2. The van der Waals surface area contributed by atoms with Crippen molar-refractivity contribution in [2.75, 3.05) is 0 Å². The Bertz CT molecular complexity index is 484. The fourth-order valence-corrected chi connectivity index (χ4v) is 2.15. The van der Waals surface area contributed by atoms with Crippen molar-refractivity contribution in [1.82, 2.24) is 0 Å². The molecule has 0 aliphatic rings. The van der Waals surface area contributed by atoms with Crippen LogP contribution in [0.5, 0.6) is 0 Å². The third kappa shape index (κ3) is 4.84. The Balaban J connectivity index is 2.81. The summed E-state index contributed by atoms with van der Waals surface area (Å²) in [5.74, 6) is -1.61. The highest BCUT2D eigenvalue weighted by Crippen LogP contribution is 2.25. The normalized spacial score (nSPS) is 12.5. The molecule has 0 heterocycles. The molecule has 0 spiro atoms. The van der Waals surface area contributed by atoms with Crippen LogP contribution in [0.1, 0.15) is 37.0 Å². The lowest BCUT2D eigenvalue weighted by atomic mass is 9.91. The van der Waals surface area contributed by atoms with Crippen LogP contribution in [-0.4, -0.2) is 16.9 Å². The second-order valence-corrected chi connectivity index (χ2v) is 5.74. The molecule has 1 atom stereocenters. The maximum atomic E-state index is 12.0. The first-order valence-electron chi connectivity index (χ1n) is 6.02. The average Bonchev–Trinajstić information content (AvgIpc) is 2.31. The topological polar surface area (TPSA) is 54.4 Å². The number of carbonyl (C=O) groups is 2. The highest BCUT2D eigenvalue weighted by atomic mass is 35.5. The Hall–Kier alpha value is -1.06. The van der Waals surface area contributed by atoms with Crippen LogP contribution in [0.15, 0.2) is 18.2 Å². The van der Waals surface area contributed by atoms with Gasteiger partial charge in [-0.25, -0.2) is 0 Å². The minimum Gasteiger partial charge on any atom is -0.481 e. The van der Waals surface area contributed by atoms with Crippen LogP contribution in [0.2, 0.25) is 10.0 Å². The fourth-order valence-electron chi connectivity index (χ4n) is 1.85. The van der Waals surface area contributed by atoms with Gasteiger partial charge in [-0.2, -0.15) is 0 Å². The summed E-state index contributed by atoms with van der Waals surface area (Å²) in [7, 11) is 0. The van der Waals surface area contributed by atoms with Crippen molar-refractivity contribution in [3.8, 4) is 0 Å². The maximum absolute atomic E-state index is 12.0. The molecule has 5 heteroatoms. The minimum absolute atomic E-state index is 0.0223. The van der Waals surface area contributed by atoms with Gasteiger partial charge in [0.25, 0.3) is 0 Å². The van der Waals surface area contributed by atoms with E-state index in [0.29, 0.717) is 22.0 Å². The lowest BCUT2D eigenvalue weighted by molar-refractivity contribution is -0.142. The van der Waals surface area contributed by atoms with Gasteiger partial charge in [0.1, 0.15) is 0 Å². The summed E-state index contributed by atoms with van der Waals surface area (Å²) in [4.78, 5) is 23.2. The summed E-state index contributed by atoms with van der Waals surface area (Å²) >= 11 is 11.6. The van der Waals surface area contributed by atoms with Gasteiger partial charge >= 0.3 is 5.97 Å². The Morgan fingerprint density at radius 2 is 1.84 bits per heavy atom. The van der Waals surface area contributed by atoms with Crippen molar-refractivity contribution >= 4 is 35.0 Å². The lowest BCUT2D eigenvalue weighted by Gasteiger charge is -2.14. The number of halogens is 2. The van der Waals surface area contributed by atoms with E-state index in [9.17, 15) is 9.59 Å². The van der Waals surface area contributed by atoms with E-state index in [4.69, 9.17) is 28.3 Å². The second kappa shape index (κ2) is 6.92. The molecule has 1 aromatic carbocycles. The van der Waals surface area contributed by atoms with Gasteiger partial charge in [-0.3, -0.25) is 9.59 Å². The van der Waals surface area contributed by atoms with Crippen molar-refractivity contribution in [3.63, 3.8) is 0 Å². The van der Waals surface area contributed by atoms with Gasteiger partial charge in [0.15, 0.2) is 5.78 Å². The smallest absolute Gasteiger partial charge is 0.306 e. The maximum Gasteiger partial charge on any atom is 0.306 e. The standard InChI is InChI=1S/C14H16Cl2O3/c1-8(2)5-10(14(18)19)7-13(17)9-3-4-11(15)12(16)6-9/h3-4,6,8,10H,5,7H2,1-2H3,(H,18,19). The molecule has 1 N–H and O–H groups in total. The van der Waals surface area contributed by atoms with Gasteiger partial charge in [0.2, 0.25) is 0 Å². The van der Waals surface area contributed by atoms with Crippen molar-refractivity contribution < 1.29 is 14.7 Å². The lowest BCUT2D eigenvalue weighted by Crippen LogP contribution is -2.20. The van der Waals surface area contributed by atoms with E-state index in [0.717, 1.165) is 0 Å². The van der Waals surface area contributed by atoms with Gasteiger partial charge in [0, 0.05) is 12.0 Å². The molecule has 0 radical (unpaired) electrons. The van der Waals surface area contributed by atoms with Crippen LogP contribution in [0, 0.1) is 11.8 Å². The number of carboxylic acids is 1. The highest BCUT2D eigenvalue weighted by molar-refractivity contribution is 6.42. The van der Waals surface area contributed by atoms with Crippen molar-refractivity contribution in [1.29, 1.82) is 0 Å². The first-order chi connectivity index (χ1) is 8.81. The number of rotatable bonds is 6. The van der Waals surface area contributed by atoms with Crippen molar-refractivity contribution in [3.05, 3.63) is 33.8 Å². The van der Waals surface area contributed by atoms with E-state index in [-0.39, 0.29) is 18.1 Å². The number of hydrogen-bond donors (Lipinski definition) is 1. The van der Waals surface area contributed by atoms with E-state index in [1.807, 2.05) is 13.8 Å². The predicted octanol–water partition coefficient (Wildman–Crippen LogP) is 4.31. The third-order valence-electron chi connectivity index (χ3n) is 2.78. The van der Waals surface area contributed by atoms with Crippen LogP contribution in [0.4, 0.5) is 0 Å². The van der Waals surface area contributed by atoms with E-state index in [1.165, 1.54) is 12.1 Å². The molecule has 1 unspecified atom stereocenters. The molecule has 0 fully saturated rings. The number of benzene rings is 1. The monoisotopic (exact) mass is 302 g/mol. The number of carboxylic acid groups (broad SMARTS) is 1. The molecule has 0 bridgehead atoms. The summed E-state index contributed by atoms with van der Waals surface area (Å²) in [5.41, 5.74) is 0.393. The Morgan fingerprint density at radius 3 is 2.32 bits per heavy atom. The molecular weight excluding hydrogens is 287 g/mol. The van der Waals surface area contributed by atoms with Crippen molar-refractivity contribution in [2.24, 2.45) is 11.8 Å². The van der Waals surface area contributed by atoms with Crippen LogP contribution in [-0.2, 0) is 4.79 Å². The first-order valence-corrected chi connectivity index (χ1v) is 6.78. The molecule has 1 rings (SSSR count). The van der Waals surface area contributed by atoms with E-state index in [1.54, 1.807) is 6.07 Å². The van der Waals surface area contributed by atoms with Gasteiger partial charge in [-0.15, -0.1) is 0 Å². The largest absolute Gasteiger partial charge is 0.481 e. The second-order valence-electron chi connectivity index (χ2n) is 4.92. The third-order valence-corrected chi connectivity index (χ3v) is 3.52. The predicted molar refractivity (Wildman–Crippen MR) is 76.0 cm³/mol. The molecule has 1 aromatic rings. The summed E-state index contributed by atoms with van der Waals surface area (Å²) < 4.78 is 0. The van der Waals surface area contributed by atoms with Crippen LogP contribution < -0.4 is 0 Å². The zero-order valence-corrected chi connectivity index (χ0v) is 12.3. The molecule has 104 valence electrons. The number of carbonyl (C=O) groups excluding carboxylic acids is 1. The zero-order valence-electron chi connectivity index (χ0n) is 10.8. The van der Waals surface area contributed by atoms with Gasteiger partial charge in [-0.1, -0.05) is 37.0 Å². The summed E-state index contributed by atoms with van der Waals surface area (Å²) in [6.07, 6.45) is 0.452. The molecule has 3 nitrogen and oxygen atoms in total. The van der Waals surface area contributed by atoms with Crippen molar-refractivity contribution in [2.45, 2.75) is 26.7 Å². The molecule has 0 amide bonds. The Morgan fingerprint density at radius 1 is 1.21 bits per heavy atom. The van der Waals surface area contributed by atoms with Gasteiger partial charge in [-0.05, 0) is 30.5 Å². The fraction of sp³-hybridized carbons (Fsp3) is 0.429. The minimum atomic E-state index is -0.942. The molecule has 0 aliphatic carbocycles. The molecule has 0 saturated heterocycles. The SMILES string of the molecule is CC(C)CC(CC(=O)c1ccc(Cl)c(Cl)c1)C(=O)O. The number of aliphatic carboxylic acids is 1. The average molecular weight is 303 g/mol. The van der Waals surface area contributed by atoms with E-state index in [2.05, 4.69) is 0 Å². The quantitative estimate of drug-likeness (QED) is 0.797. The summed E-state index contributed by atoms with van der Waals surface area (Å²) in [5, 5.41) is 9.78. The van der Waals surface area contributed by atoms with Crippen LogP contribution >= 0.6 is 23.2 Å². The number of ketones is 1. The van der Waals surface area contributed by atoms with Crippen LogP contribution in [0.3, 0.4) is 0 Å². The zero-order chi connectivity index (χ0) is 14.6. The van der Waals surface area contributed by atoms with Crippen LogP contribution in [0.25, 0.3) is 0 Å². The molecular formula is C14H16Cl2O3. The molecule has 0 saturated carbocycles. The molecule has 0 aromatic heterocycles. The summed E-state index contributed by atoms with van der Waals surface area (Å²) in [6.45, 7) is 3.86. The summed E-state index contributed by atoms with van der Waals surface area (Å²) in [6, 6.07) is 4.57. The molecule has 0 aliphatic heterocycles. The Labute approximate surface area is 122 Å². The Kier molecular flexibility index (Phi) is 5.83. The van der Waals surface area contributed by atoms with E-state index >= 15 is 0 Å². The highest BCUT2D eigenvalue weighted by Gasteiger charge is 2.23.